The molecule has 0 spiro atoms. The second-order valence-electron chi connectivity index (χ2n) is 5.91. The Balaban J connectivity index is 1.62. The zero-order chi connectivity index (χ0) is 14.7. The molecule has 1 atom stereocenters. The number of carbonyl (C=O) groups is 1. The van der Waals surface area contributed by atoms with Crippen molar-refractivity contribution in [3.05, 3.63) is 18.0 Å². The molecule has 2 fully saturated rings. The van der Waals surface area contributed by atoms with Gasteiger partial charge in [0.15, 0.2) is 0 Å². The van der Waals surface area contributed by atoms with Crippen LogP contribution in [0, 0.1) is 0 Å². The molecule has 1 unspecified atom stereocenters. The number of likely N-dealkylation sites (tertiary alicyclic amines) is 1. The molecule has 1 aromatic rings. The van der Waals surface area contributed by atoms with Crippen molar-refractivity contribution in [2.45, 2.75) is 38.9 Å². The molecule has 21 heavy (non-hydrogen) atoms. The second-order valence-corrected chi connectivity index (χ2v) is 5.91. The number of hydrogen-bond acceptors (Lipinski definition) is 4. The number of amides is 1. The van der Waals surface area contributed by atoms with Gasteiger partial charge in [0.1, 0.15) is 0 Å². The van der Waals surface area contributed by atoms with Gasteiger partial charge in [-0.05, 0) is 26.3 Å². The van der Waals surface area contributed by atoms with Crippen molar-refractivity contribution in [2.24, 2.45) is 0 Å². The van der Waals surface area contributed by atoms with Crippen molar-refractivity contribution in [1.29, 1.82) is 0 Å². The maximum Gasteiger partial charge on any atom is 0.240 e. The minimum Gasteiger partial charge on any atom is -0.339 e. The first-order valence-electron chi connectivity index (χ1n) is 8.03. The van der Waals surface area contributed by atoms with Crippen LogP contribution in [0.4, 0.5) is 0 Å². The second kappa shape index (κ2) is 6.58. The Morgan fingerprint density at radius 2 is 2.19 bits per heavy atom. The summed E-state index contributed by atoms with van der Waals surface area (Å²) in [7, 11) is 0. The maximum absolute atomic E-state index is 12.7. The van der Waals surface area contributed by atoms with E-state index in [9.17, 15) is 4.79 Å². The molecule has 0 aliphatic carbocycles. The van der Waals surface area contributed by atoms with Crippen LogP contribution in [0.3, 0.4) is 0 Å². The van der Waals surface area contributed by atoms with Gasteiger partial charge in [0.25, 0.3) is 0 Å². The summed E-state index contributed by atoms with van der Waals surface area (Å²) in [6, 6.07) is 0.0630. The van der Waals surface area contributed by atoms with E-state index >= 15 is 0 Å². The Bertz CT molecular complexity index is 480. The summed E-state index contributed by atoms with van der Waals surface area (Å²) in [5.41, 5.74) is 1.21. The molecule has 116 valence electrons. The highest BCUT2D eigenvalue weighted by Crippen LogP contribution is 2.22. The first-order valence-corrected chi connectivity index (χ1v) is 8.03. The predicted octanol–water partition coefficient (Wildman–Crippen LogP) is 0.299. The van der Waals surface area contributed by atoms with Crippen molar-refractivity contribution in [1.82, 2.24) is 24.9 Å². The van der Waals surface area contributed by atoms with E-state index < -0.39 is 0 Å². The number of rotatable bonds is 4. The fourth-order valence-corrected chi connectivity index (χ4v) is 3.29. The molecule has 1 amide bonds. The molecule has 2 saturated heterocycles. The van der Waals surface area contributed by atoms with Crippen LogP contribution in [0.2, 0.25) is 0 Å². The van der Waals surface area contributed by atoms with Crippen LogP contribution in [0.25, 0.3) is 0 Å². The van der Waals surface area contributed by atoms with Gasteiger partial charge in [-0.3, -0.25) is 14.4 Å². The third-order valence-corrected chi connectivity index (χ3v) is 4.47. The van der Waals surface area contributed by atoms with Crippen LogP contribution in [0.5, 0.6) is 0 Å². The largest absolute Gasteiger partial charge is 0.339 e. The summed E-state index contributed by atoms with van der Waals surface area (Å²) in [5.74, 6) is 0.317. The van der Waals surface area contributed by atoms with E-state index in [2.05, 4.69) is 28.4 Å². The SMILES string of the molecule is CCn1cc(CN2CCCC2C(=O)N2CCNCC2)cn1. The molecule has 6 heteroatoms. The highest BCUT2D eigenvalue weighted by atomic mass is 16.2. The van der Waals surface area contributed by atoms with Gasteiger partial charge in [0, 0.05) is 51.0 Å². The van der Waals surface area contributed by atoms with E-state index in [0.717, 1.165) is 58.7 Å². The van der Waals surface area contributed by atoms with Crippen LogP contribution in [0.15, 0.2) is 12.4 Å². The van der Waals surface area contributed by atoms with Crippen LogP contribution in [0.1, 0.15) is 25.3 Å². The van der Waals surface area contributed by atoms with Crippen molar-refractivity contribution >= 4 is 5.91 Å². The van der Waals surface area contributed by atoms with Crippen LogP contribution in [-0.4, -0.2) is 64.3 Å². The van der Waals surface area contributed by atoms with Crippen LogP contribution >= 0.6 is 0 Å². The number of aromatic nitrogens is 2. The van der Waals surface area contributed by atoms with Gasteiger partial charge in [-0.15, -0.1) is 0 Å². The third-order valence-electron chi connectivity index (χ3n) is 4.47. The summed E-state index contributed by atoms with van der Waals surface area (Å²) < 4.78 is 1.94. The molecule has 0 radical (unpaired) electrons. The quantitative estimate of drug-likeness (QED) is 0.867. The van der Waals surface area contributed by atoms with E-state index in [1.165, 1.54) is 5.56 Å². The number of hydrogen-bond donors (Lipinski definition) is 1. The predicted molar refractivity (Wildman–Crippen MR) is 80.8 cm³/mol. The molecule has 6 nitrogen and oxygen atoms in total. The fourth-order valence-electron chi connectivity index (χ4n) is 3.29. The Kier molecular flexibility index (Phi) is 4.55. The Morgan fingerprint density at radius 1 is 1.38 bits per heavy atom. The topological polar surface area (TPSA) is 53.4 Å². The molecular weight excluding hydrogens is 266 g/mol. The minimum atomic E-state index is 0.0630. The molecular formula is C15H25N5O. The molecule has 1 aromatic heterocycles. The van der Waals surface area contributed by atoms with E-state index in [1.807, 2.05) is 15.8 Å². The smallest absolute Gasteiger partial charge is 0.240 e. The van der Waals surface area contributed by atoms with Crippen molar-refractivity contribution < 1.29 is 4.79 Å². The number of carbonyl (C=O) groups excluding carboxylic acids is 1. The molecule has 3 rings (SSSR count). The summed E-state index contributed by atoms with van der Waals surface area (Å²) in [5, 5.41) is 7.62. The third kappa shape index (κ3) is 3.27. The van der Waals surface area contributed by atoms with E-state index in [-0.39, 0.29) is 6.04 Å². The van der Waals surface area contributed by atoms with Crippen molar-refractivity contribution in [3.63, 3.8) is 0 Å². The van der Waals surface area contributed by atoms with Gasteiger partial charge >= 0.3 is 0 Å². The van der Waals surface area contributed by atoms with Crippen LogP contribution in [-0.2, 0) is 17.9 Å². The number of piperazine rings is 1. The summed E-state index contributed by atoms with van der Waals surface area (Å²) in [4.78, 5) is 17.0. The maximum atomic E-state index is 12.7. The Labute approximate surface area is 126 Å². The Morgan fingerprint density at radius 3 is 2.90 bits per heavy atom. The normalized spacial score (nSPS) is 23.7. The van der Waals surface area contributed by atoms with Gasteiger partial charge in [-0.1, -0.05) is 0 Å². The highest BCUT2D eigenvalue weighted by Gasteiger charge is 2.34. The lowest BCUT2D eigenvalue weighted by Crippen LogP contribution is -2.52. The summed E-state index contributed by atoms with van der Waals surface area (Å²) in [6.07, 6.45) is 6.12. The average Bonchev–Trinajstić information content (AvgIpc) is 3.17. The Hall–Kier alpha value is -1.40. The minimum absolute atomic E-state index is 0.0630. The molecule has 3 heterocycles. The lowest BCUT2D eigenvalue weighted by atomic mass is 10.1. The van der Waals surface area contributed by atoms with E-state index in [0.29, 0.717) is 5.91 Å². The van der Waals surface area contributed by atoms with Crippen molar-refractivity contribution in [2.75, 3.05) is 32.7 Å². The first kappa shape index (κ1) is 14.5. The van der Waals surface area contributed by atoms with Gasteiger partial charge in [0.2, 0.25) is 5.91 Å². The number of nitrogens with zero attached hydrogens (tertiary/aromatic N) is 4. The van der Waals surface area contributed by atoms with Gasteiger partial charge < -0.3 is 10.2 Å². The molecule has 0 saturated carbocycles. The van der Waals surface area contributed by atoms with Gasteiger partial charge in [0.05, 0.1) is 12.2 Å². The number of aryl methyl sites for hydroxylation is 1. The fraction of sp³-hybridized carbons (Fsp3) is 0.733. The molecule has 0 aromatic carbocycles. The standard InChI is InChI=1S/C15H25N5O/c1-2-20-12-13(10-17-20)11-19-7-3-4-14(19)15(21)18-8-5-16-6-9-18/h10,12,14,16H,2-9,11H2,1H3. The van der Waals surface area contributed by atoms with E-state index in [1.54, 1.807) is 0 Å². The summed E-state index contributed by atoms with van der Waals surface area (Å²) >= 11 is 0. The number of nitrogens with one attached hydrogen (secondary N) is 1. The first-order chi connectivity index (χ1) is 10.3. The molecule has 0 bridgehead atoms. The van der Waals surface area contributed by atoms with Crippen molar-refractivity contribution in [3.8, 4) is 0 Å². The lowest BCUT2D eigenvalue weighted by Gasteiger charge is -2.32. The summed E-state index contributed by atoms with van der Waals surface area (Å²) in [6.45, 7) is 8.35. The molecule has 2 aliphatic rings. The molecule has 1 N–H and O–H groups in total. The zero-order valence-electron chi connectivity index (χ0n) is 12.8. The zero-order valence-corrected chi connectivity index (χ0v) is 12.8. The average molecular weight is 291 g/mol. The van der Waals surface area contributed by atoms with Gasteiger partial charge in [-0.25, -0.2) is 0 Å². The monoisotopic (exact) mass is 291 g/mol. The highest BCUT2D eigenvalue weighted by molar-refractivity contribution is 5.82. The van der Waals surface area contributed by atoms with E-state index in [4.69, 9.17) is 0 Å². The lowest BCUT2D eigenvalue weighted by molar-refractivity contribution is -0.136. The molecule has 2 aliphatic heterocycles. The van der Waals surface area contributed by atoms with Gasteiger partial charge in [-0.2, -0.15) is 5.10 Å². The van der Waals surface area contributed by atoms with Crippen LogP contribution < -0.4 is 5.32 Å².